The van der Waals surface area contributed by atoms with E-state index in [0.29, 0.717) is 5.88 Å². The molecule has 0 aromatic rings. The molecule has 1 atom stereocenters. The number of hydrogen-bond acceptors (Lipinski definition) is 1. The topological polar surface area (TPSA) is 12.0 Å². The quantitative estimate of drug-likeness (QED) is 0.514. The number of hydrogen-bond donors (Lipinski definition) is 1. The van der Waals surface area contributed by atoms with Gasteiger partial charge in [0.25, 0.3) is 0 Å². The maximum atomic E-state index is 5.52. The number of alkyl halides is 2. The zero-order chi connectivity index (χ0) is 5.70. The fourth-order valence-corrected chi connectivity index (χ4v) is 0.539. The fourth-order valence-electron chi connectivity index (χ4n) is 0.276. The van der Waals surface area contributed by atoms with Crippen LogP contribution in [0.15, 0.2) is 0 Å². The number of nitrogens with one attached hydrogen (secondary N) is 1. The molecule has 0 saturated heterocycles. The van der Waals surface area contributed by atoms with Gasteiger partial charge in [-0.3, -0.25) is 0 Å². The highest BCUT2D eigenvalue weighted by Crippen LogP contribution is 1.91. The summed E-state index contributed by atoms with van der Waals surface area (Å²) in [7, 11) is 0. The van der Waals surface area contributed by atoms with Gasteiger partial charge in [0.1, 0.15) is 0 Å². The number of halogens is 3. The smallest absolute Gasteiger partial charge is 0.0962 e. The maximum absolute atomic E-state index is 5.52. The van der Waals surface area contributed by atoms with Crippen LogP contribution in [-0.2, 0) is 0 Å². The van der Waals surface area contributed by atoms with Crippen molar-refractivity contribution in [1.29, 1.82) is 0 Å². The van der Waals surface area contributed by atoms with E-state index in [2.05, 4.69) is 5.32 Å². The minimum Gasteiger partial charge on any atom is -0.301 e. The van der Waals surface area contributed by atoms with Gasteiger partial charge in [-0.25, -0.2) is 0 Å². The molecule has 0 saturated carbocycles. The Hall–Kier alpha value is 0.830. The zero-order valence-corrected chi connectivity index (χ0v) is 6.98. The molecule has 0 aliphatic heterocycles. The van der Waals surface area contributed by atoms with Gasteiger partial charge < -0.3 is 5.32 Å². The average Bonchev–Trinajstić information content (AvgIpc) is 1.68. The van der Waals surface area contributed by atoms with Gasteiger partial charge in [-0.1, -0.05) is 6.92 Å². The van der Waals surface area contributed by atoms with E-state index in [4.69, 9.17) is 23.2 Å². The Bertz CT molecular complexity index is 42.3. The van der Waals surface area contributed by atoms with Crippen LogP contribution >= 0.6 is 35.6 Å². The standard InChI is InChI=1S/C4H9Cl2N.ClH/c1-2-7-4(6)3-5;/h4,7H,2-3H2,1H3;1H. The second-order valence-corrected chi connectivity index (χ2v) is 2.01. The third kappa shape index (κ3) is 6.83. The molecular formula is C4H10Cl3N. The monoisotopic (exact) mass is 177 g/mol. The first kappa shape index (κ1) is 11.6. The molecule has 0 aromatic carbocycles. The van der Waals surface area contributed by atoms with Gasteiger partial charge in [0.2, 0.25) is 0 Å². The molecule has 0 radical (unpaired) electrons. The second kappa shape index (κ2) is 7.83. The first-order valence-electron chi connectivity index (χ1n) is 2.24. The molecule has 0 rings (SSSR count). The van der Waals surface area contributed by atoms with Gasteiger partial charge in [0.05, 0.1) is 11.4 Å². The van der Waals surface area contributed by atoms with Crippen molar-refractivity contribution >= 4 is 35.6 Å². The SMILES string of the molecule is CCNC(Cl)CCl.Cl. The van der Waals surface area contributed by atoms with Crippen LogP contribution in [0.5, 0.6) is 0 Å². The summed E-state index contributed by atoms with van der Waals surface area (Å²) in [5.41, 5.74) is -0.0633. The molecule has 4 heteroatoms. The van der Waals surface area contributed by atoms with Gasteiger partial charge >= 0.3 is 0 Å². The number of rotatable bonds is 3. The van der Waals surface area contributed by atoms with E-state index in [1.807, 2.05) is 6.92 Å². The molecule has 0 aliphatic rings. The van der Waals surface area contributed by atoms with Crippen molar-refractivity contribution < 1.29 is 0 Å². The largest absolute Gasteiger partial charge is 0.301 e. The van der Waals surface area contributed by atoms with E-state index in [1.54, 1.807) is 0 Å². The van der Waals surface area contributed by atoms with Gasteiger partial charge in [0.15, 0.2) is 0 Å². The Morgan fingerprint density at radius 1 is 1.62 bits per heavy atom. The molecule has 8 heavy (non-hydrogen) atoms. The van der Waals surface area contributed by atoms with Crippen molar-refractivity contribution in [2.45, 2.75) is 12.4 Å². The summed E-state index contributed by atoms with van der Waals surface area (Å²) in [4.78, 5) is 0. The van der Waals surface area contributed by atoms with Gasteiger partial charge in [0, 0.05) is 0 Å². The molecule has 0 aromatic heterocycles. The Kier molecular flexibility index (Phi) is 11.4. The van der Waals surface area contributed by atoms with Crippen LogP contribution in [0.1, 0.15) is 6.92 Å². The normalized spacial score (nSPS) is 12.4. The summed E-state index contributed by atoms with van der Waals surface area (Å²) in [5.74, 6) is 0.468. The third-order valence-corrected chi connectivity index (χ3v) is 1.34. The van der Waals surface area contributed by atoms with E-state index in [-0.39, 0.29) is 17.9 Å². The van der Waals surface area contributed by atoms with Crippen LogP contribution < -0.4 is 5.32 Å². The molecule has 0 bridgehead atoms. The highest BCUT2D eigenvalue weighted by atomic mass is 35.5. The molecule has 0 aliphatic carbocycles. The Balaban J connectivity index is 0. The van der Waals surface area contributed by atoms with Crippen LogP contribution in [0.25, 0.3) is 0 Å². The summed E-state index contributed by atoms with van der Waals surface area (Å²) in [6.45, 7) is 2.86. The van der Waals surface area contributed by atoms with Crippen LogP contribution in [0.4, 0.5) is 0 Å². The Morgan fingerprint density at radius 3 is 2.25 bits per heavy atom. The molecule has 1 unspecified atom stereocenters. The predicted octanol–water partition coefficient (Wildman–Crippen LogP) is 1.82. The second-order valence-electron chi connectivity index (χ2n) is 1.18. The highest BCUT2D eigenvalue weighted by Gasteiger charge is 1.94. The molecule has 0 fully saturated rings. The van der Waals surface area contributed by atoms with Crippen molar-refractivity contribution in [3.05, 3.63) is 0 Å². The third-order valence-electron chi connectivity index (χ3n) is 0.561. The summed E-state index contributed by atoms with van der Waals surface area (Å²) < 4.78 is 0. The zero-order valence-electron chi connectivity index (χ0n) is 4.66. The van der Waals surface area contributed by atoms with Gasteiger partial charge in [-0.05, 0) is 6.54 Å². The van der Waals surface area contributed by atoms with E-state index in [1.165, 1.54) is 0 Å². The Morgan fingerprint density at radius 2 is 2.12 bits per heavy atom. The van der Waals surface area contributed by atoms with Crippen LogP contribution in [0, 0.1) is 0 Å². The van der Waals surface area contributed by atoms with Crippen molar-refractivity contribution in [3.63, 3.8) is 0 Å². The lowest BCUT2D eigenvalue weighted by Gasteiger charge is -2.02. The van der Waals surface area contributed by atoms with E-state index in [0.717, 1.165) is 6.54 Å². The molecule has 1 N–H and O–H groups in total. The van der Waals surface area contributed by atoms with Crippen LogP contribution in [-0.4, -0.2) is 17.9 Å². The minimum atomic E-state index is -0.0633. The summed E-state index contributed by atoms with van der Waals surface area (Å²) in [5, 5.41) is 2.93. The van der Waals surface area contributed by atoms with Gasteiger partial charge in [-0.2, -0.15) is 0 Å². The molecule has 0 amide bonds. The molecule has 52 valence electrons. The molecule has 1 nitrogen and oxygen atoms in total. The molecule has 0 heterocycles. The first-order chi connectivity index (χ1) is 3.31. The molecular weight excluding hydrogens is 168 g/mol. The van der Waals surface area contributed by atoms with Gasteiger partial charge in [-0.15, -0.1) is 35.6 Å². The minimum absolute atomic E-state index is 0. The van der Waals surface area contributed by atoms with Crippen LogP contribution in [0.2, 0.25) is 0 Å². The summed E-state index contributed by atoms with van der Waals surface area (Å²) in [6, 6.07) is 0. The first-order valence-corrected chi connectivity index (χ1v) is 3.21. The lowest BCUT2D eigenvalue weighted by Crippen LogP contribution is -2.24. The molecule has 0 spiro atoms. The highest BCUT2D eigenvalue weighted by molar-refractivity contribution is 6.27. The van der Waals surface area contributed by atoms with Crippen molar-refractivity contribution in [2.24, 2.45) is 0 Å². The predicted molar refractivity (Wildman–Crippen MR) is 41.3 cm³/mol. The lowest BCUT2D eigenvalue weighted by molar-refractivity contribution is 0.716. The fraction of sp³-hybridized carbons (Fsp3) is 1.00. The van der Waals surface area contributed by atoms with Crippen LogP contribution in [0.3, 0.4) is 0 Å². The average molecular weight is 178 g/mol. The van der Waals surface area contributed by atoms with Crippen molar-refractivity contribution in [1.82, 2.24) is 5.32 Å². The van der Waals surface area contributed by atoms with Crippen molar-refractivity contribution in [2.75, 3.05) is 12.4 Å². The maximum Gasteiger partial charge on any atom is 0.0962 e. The summed E-state index contributed by atoms with van der Waals surface area (Å²) >= 11 is 10.9. The van der Waals surface area contributed by atoms with Crippen molar-refractivity contribution in [3.8, 4) is 0 Å². The van der Waals surface area contributed by atoms with E-state index in [9.17, 15) is 0 Å². The summed E-state index contributed by atoms with van der Waals surface area (Å²) in [6.07, 6.45) is 0. The lowest BCUT2D eigenvalue weighted by atomic mass is 10.6. The Labute approximate surface area is 66.1 Å². The van der Waals surface area contributed by atoms with E-state index < -0.39 is 0 Å². The van der Waals surface area contributed by atoms with E-state index >= 15 is 0 Å².